The van der Waals surface area contributed by atoms with Crippen molar-refractivity contribution in [3.63, 3.8) is 0 Å². The SMILES string of the molecule is O.O.O.O.O=P(O)(O)O.[H-].[Li+].[Ti]. The van der Waals surface area contributed by atoms with E-state index in [2.05, 4.69) is 0 Å². The zero-order valence-corrected chi connectivity index (χ0v) is 8.15. The molecule has 0 rings (SSSR count). The van der Waals surface area contributed by atoms with Crippen molar-refractivity contribution in [2.45, 2.75) is 0 Å². The van der Waals surface area contributed by atoms with Crippen molar-refractivity contribution in [3.05, 3.63) is 0 Å². The monoisotopic (exact) mass is 226 g/mol. The molecule has 0 spiro atoms. The summed E-state index contributed by atoms with van der Waals surface area (Å²) >= 11 is 0. The molecule has 11 heteroatoms. The van der Waals surface area contributed by atoms with E-state index in [0.717, 1.165) is 0 Å². The molecule has 8 nitrogen and oxygen atoms in total. The van der Waals surface area contributed by atoms with Crippen LogP contribution >= 0.6 is 7.82 Å². The summed E-state index contributed by atoms with van der Waals surface area (Å²) in [6.07, 6.45) is 0. The summed E-state index contributed by atoms with van der Waals surface area (Å²) in [5.74, 6) is 0. The van der Waals surface area contributed by atoms with Gasteiger partial charge in [-0.25, -0.2) is 4.57 Å². The largest absolute Gasteiger partial charge is 1.00 e. The average molecular weight is 226 g/mol. The second-order valence-corrected chi connectivity index (χ2v) is 1.54. The molecule has 0 saturated carbocycles. The predicted molar refractivity (Wildman–Crippen MR) is 29.8 cm³/mol. The minimum absolute atomic E-state index is 0. The average Bonchev–Trinajstić information content (AvgIpc) is 0.722. The molecule has 0 heterocycles. The van der Waals surface area contributed by atoms with Crippen molar-refractivity contribution in [2.75, 3.05) is 0 Å². The maximum absolute atomic E-state index is 8.88. The molecule has 0 aliphatic rings. The van der Waals surface area contributed by atoms with Gasteiger partial charge in [-0.2, -0.15) is 0 Å². The van der Waals surface area contributed by atoms with Gasteiger partial charge in [-0.3, -0.25) is 0 Å². The van der Waals surface area contributed by atoms with E-state index in [1.807, 2.05) is 0 Å². The van der Waals surface area contributed by atoms with Crippen molar-refractivity contribution in [1.82, 2.24) is 0 Å². The molecule has 0 unspecified atom stereocenters. The van der Waals surface area contributed by atoms with Crippen LogP contribution in [0.5, 0.6) is 0 Å². The van der Waals surface area contributed by atoms with Crippen LogP contribution in [0.1, 0.15) is 1.43 Å². The molecule has 0 aliphatic heterocycles. The van der Waals surface area contributed by atoms with Crippen LogP contribution in [0.2, 0.25) is 0 Å². The van der Waals surface area contributed by atoms with Crippen LogP contribution in [0, 0.1) is 0 Å². The first-order chi connectivity index (χ1) is 2.00. The van der Waals surface area contributed by atoms with Gasteiger partial charge in [0, 0.05) is 21.7 Å². The Hall–Kier alpha value is 1.26. The van der Waals surface area contributed by atoms with E-state index in [9.17, 15) is 0 Å². The molecule has 0 fully saturated rings. The molecule has 0 bridgehead atoms. The van der Waals surface area contributed by atoms with Crippen LogP contribution < -0.4 is 18.9 Å². The summed E-state index contributed by atoms with van der Waals surface area (Å²) in [6.45, 7) is 0. The molecule has 0 amide bonds. The van der Waals surface area contributed by atoms with Crippen LogP contribution in [-0.2, 0) is 26.3 Å². The summed E-state index contributed by atoms with van der Waals surface area (Å²) in [5, 5.41) is 0. The van der Waals surface area contributed by atoms with Crippen LogP contribution in [-0.4, -0.2) is 36.6 Å². The van der Waals surface area contributed by atoms with Gasteiger partial charge in [0.25, 0.3) is 0 Å². The Morgan fingerprint density at radius 2 is 0.909 bits per heavy atom. The summed E-state index contributed by atoms with van der Waals surface area (Å²) in [4.78, 5) is 21.6. The zero-order valence-electron chi connectivity index (χ0n) is 6.70. The van der Waals surface area contributed by atoms with E-state index in [1.54, 1.807) is 0 Å². The third-order valence-electron chi connectivity index (χ3n) is 0. The van der Waals surface area contributed by atoms with Gasteiger partial charge in [-0.1, -0.05) is 0 Å². The molecular weight excluding hydrogens is 214 g/mol. The standard InChI is InChI=1S/Li.H3O4P.4H2O.Ti.H/c;1-5(2,3)4;;;;;;/h;(H3,1,2,3,4);4*1H2;;/q+1;;;;;;;-1. The Morgan fingerprint density at radius 1 is 0.909 bits per heavy atom. The molecule has 11 heavy (non-hydrogen) atoms. The Morgan fingerprint density at radius 3 is 0.909 bits per heavy atom. The molecule has 0 saturated heterocycles. The predicted octanol–water partition coefficient (Wildman–Crippen LogP) is -7.11. The smallest absolute Gasteiger partial charge is 1.00 e. The summed E-state index contributed by atoms with van der Waals surface area (Å²) in [7, 11) is -4.64. The van der Waals surface area contributed by atoms with E-state index in [1.165, 1.54) is 0 Å². The van der Waals surface area contributed by atoms with Gasteiger partial charge < -0.3 is 38.0 Å². The number of phosphoric acid groups is 1. The Bertz CT molecular complexity index is 65.2. The minimum Gasteiger partial charge on any atom is -1.00 e. The van der Waals surface area contributed by atoms with Gasteiger partial charge in [0.05, 0.1) is 0 Å². The molecule has 11 N–H and O–H groups in total. The van der Waals surface area contributed by atoms with E-state index in [4.69, 9.17) is 19.2 Å². The second kappa shape index (κ2) is 22.5. The normalized spacial score (nSPS) is 5.36. The van der Waals surface area contributed by atoms with Crippen LogP contribution in [0.3, 0.4) is 0 Å². The van der Waals surface area contributed by atoms with Crippen molar-refractivity contribution in [2.24, 2.45) is 0 Å². The Kier molecular flexibility index (Phi) is 115. The fraction of sp³-hybridized carbons (Fsp3) is 0. The zero-order chi connectivity index (χ0) is 4.50. The Labute approximate surface area is 91.0 Å². The quantitative estimate of drug-likeness (QED) is 0.271. The van der Waals surface area contributed by atoms with Gasteiger partial charge in [0.1, 0.15) is 0 Å². The minimum atomic E-state index is -4.64. The number of hydrogen-bond acceptors (Lipinski definition) is 1. The molecule has 0 aromatic heterocycles. The second-order valence-electron chi connectivity index (χ2n) is 0.513. The summed E-state index contributed by atoms with van der Waals surface area (Å²) < 4.78 is 8.88. The molecular formula is H12LiO8PTi. The molecule has 70 valence electrons. The maximum Gasteiger partial charge on any atom is 1.00 e. The fourth-order valence-electron chi connectivity index (χ4n) is 0. The Balaban J connectivity index is -0.00000000381. The first-order valence-electron chi connectivity index (χ1n) is 0.783. The topological polar surface area (TPSA) is 204 Å². The van der Waals surface area contributed by atoms with Gasteiger partial charge >= 0.3 is 26.7 Å². The first-order valence-corrected chi connectivity index (χ1v) is 2.35. The first kappa shape index (κ1) is 56.2. The fourth-order valence-corrected chi connectivity index (χ4v) is 0. The van der Waals surface area contributed by atoms with E-state index >= 15 is 0 Å². The molecule has 0 aromatic rings. The summed E-state index contributed by atoms with van der Waals surface area (Å²) in [5.41, 5.74) is 0. The maximum atomic E-state index is 8.88. The summed E-state index contributed by atoms with van der Waals surface area (Å²) in [6, 6.07) is 0. The van der Waals surface area contributed by atoms with Crippen molar-refractivity contribution in [1.29, 1.82) is 0 Å². The molecule has 0 aromatic carbocycles. The third kappa shape index (κ3) is 607. The van der Waals surface area contributed by atoms with Crippen LogP contribution in [0.25, 0.3) is 0 Å². The number of rotatable bonds is 0. The van der Waals surface area contributed by atoms with Crippen LogP contribution in [0.15, 0.2) is 0 Å². The van der Waals surface area contributed by atoms with Gasteiger partial charge in [-0.15, -0.1) is 0 Å². The van der Waals surface area contributed by atoms with Gasteiger partial charge in [0.15, 0.2) is 0 Å². The van der Waals surface area contributed by atoms with Gasteiger partial charge in [0.2, 0.25) is 0 Å². The van der Waals surface area contributed by atoms with Crippen molar-refractivity contribution >= 4 is 7.82 Å². The van der Waals surface area contributed by atoms with Gasteiger partial charge in [-0.05, 0) is 0 Å². The molecule has 0 aliphatic carbocycles. The van der Waals surface area contributed by atoms with E-state index in [0.29, 0.717) is 0 Å². The third-order valence-corrected chi connectivity index (χ3v) is 0. The molecule has 0 atom stereocenters. The molecule has 0 radical (unpaired) electrons. The van der Waals surface area contributed by atoms with Crippen molar-refractivity contribution in [3.8, 4) is 0 Å². The van der Waals surface area contributed by atoms with E-state index < -0.39 is 7.82 Å². The van der Waals surface area contributed by atoms with Crippen molar-refractivity contribution < 1.29 is 83.2 Å². The number of hydrogen-bond donors (Lipinski definition) is 3. The van der Waals surface area contributed by atoms with Crippen LogP contribution in [0.4, 0.5) is 0 Å². The van der Waals surface area contributed by atoms with E-state index in [-0.39, 0.29) is 63.9 Å².